The van der Waals surface area contributed by atoms with Crippen molar-refractivity contribution in [1.82, 2.24) is 29.4 Å². The lowest BCUT2D eigenvalue weighted by Gasteiger charge is -2.24. The second kappa shape index (κ2) is 8.22. The SMILES string of the molecule is Cn1nc(-c2ccccn2)cc1NC(=O)N1CCCOC(Cn2cccn2)C1. The van der Waals surface area contributed by atoms with Crippen LogP contribution in [0.1, 0.15) is 6.42 Å². The van der Waals surface area contributed by atoms with Crippen LogP contribution in [0.3, 0.4) is 0 Å². The van der Waals surface area contributed by atoms with Crippen LogP contribution in [0.5, 0.6) is 0 Å². The van der Waals surface area contributed by atoms with Gasteiger partial charge in [0.15, 0.2) is 0 Å². The molecule has 28 heavy (non-hydrogen) atoms. The molecule has 1 fully saturated rings. The van der Waals surface area contributed by atoms with E-state index in [0.29, 0.717) is 37.8 Å². The minimum atomic E-state index is -0.161. The fourth-order valence-corrected chi connectivity index (χ4v) is 3.22. The standard InChI is InChI=1S/C19H23N7O2/c1-24-18(12-17(23-24)16-6-2-3-7-20-16)22-19(27)25-9-5-11-28-15(13-25)14-26-10-4-8-21-26/h2-4,6-8,10,12,15H,5,9,11,13-14H2,1H3,(H,22,27). The number of aromatic nitrogens is 5. The second-order valence-corrected chi connectivity index (χ2v) is 6.70. The third-order valence-corrected chi connectivity index (χ3v) is 4.63. The molecule has 3 aromatic heterocycles. The van der Waals surface area contributed by atoms with Crippen molar-refractivity contribution in [3.05, 3.63) is 48.9 Å². The molecule has 0 spiro atoms. The first-order chi connectivity index (χ1) is 13.7. The maximum atomic E-state index is 12.8. The fourth-order valence-electron chi connectivity index (χ4n) is 3.22. The van der Waals surface area contributed by atoms with Crippen LogP contribution in [0, 0.1) is 0 Å². The van der Waals surface area contributed by atoms with Gasteiger partial charge in [-0.3, -0.25) is 19.7 Å². The number of hydrogen-bond acceptors (Lipinski definition) is 5. The number of ether oxygens (including phenoxy) is 1. The average Bonchev–Trinajstić information content (AvgIpc) is 3.27. The highest BCUT2D eigenvalue weighted by Gasteiger charge is 2.24. The van der Waals surface area contributed by atoms with Gasteiger partial charge in [-0.1, -0.05) is 6.07 Å². The molecule has 3 aromatic rings. The van der Waals surface area contributed by atoms with Gasteiger partial charge in [0.25, 0.3) is 0 Å². The molecule has 2 amide bonds. The molecule has 0 aromatic carbocycles. The van der Waals surface area contributed by atoms with Gasteiger partial charge in [0, 0.05) is 44.9 Å². The third kappa shape index (κ3) is 4.20. The Bertz CT molecular complexity index is 908. The summed E-state index contributed by atoms with van der Waals surface area (Å²) in [7, 11) is 1.80. The summed E-state index contributed by atoms with van der Waals surface area (Å²) in [6, 6.07) is 9.20. The monoisotopic (exact) mass is 381 g/mol. The molecule has 0 radical (unpaired) electrons. The summed E-state index contributed by atoms with van der Waals surface area (Å²) in [4.78, 5) is 18.9. The van der Waals surface area contributed by atoms with E-state index < -0.39 is 0 Å². The molecule has 1 aliphatic heterocycles. The van der Waals surface area contributed by atoms with Crippen molar-refractivity contribution in [1.29, 1.82) is 0 Å². The molecule has 1 aliphatic rings. The highest BCUT2D eigenvalue weighted by Crippen LogP contribution is 2.19. The molecular weight excluding hydrogens is 358 g/mol. The van der Waals surface area contributed by atoms with Crippen molar-refractivity contribution in [2.45, 2.75) is 19.1 Å². The predicted octanol–water partition coefficient (Wildman–Crippen LogP) is 2.00. The minimum Gasteiger partial charge on any atom is -0.374 e. The quantitative estimate of drug-likeness (QED) is 0.747. The van der Waals surface area contributed by atoms with Crippen molar-refractivity contribution < 1.29 is 9.53 Å². The molecule has 1 unspecified atom stereocenters. The van der Waals surface area contributed by atoms with E-state index in [4.69, 9.17) is 4.74 Å². The Hall–Kier alpha value is -3.20. The van der Waals surface area contributed by atoms with Gasteiger partial charge in [-0.15, -0.1) is 0 Å². The van der Waals surface area contributed by atoms with Crippen LogP contribution in [0.15, 0.2) is 48.9 Å². The summed E-state index contributed by atoms with van der Waals surface area (Å²) in [5, 5.41) is 11.6. The van der Waals surface area contributed by atoms with E-state index in [1.807, 2.05) is 41.2 Å². The van der Waals surface area contributed by atoms with Crippen LogP contribution in [0.4, 0.5) is 10.6 Å². The number of carbonyl (C=O) groups is 1. The smallest absolute Gasteiger partial charge is 0.323 e. The number of nitrogens with one attached hydrogen (secondary N) is 1. The van der Waals surface area contributed by atoms with Crippen molar-refractivity contribution >= 4 is 11.8 Å². The van der Waals surface area contributed by atoms with E-state index in [0.717, 1.165) is 12.1 Å². The number of rotatable bonds is 4. The number of amides is 2. The van der Waals surface area contributed by atoms with Gasteiger partial charge in [0.2, 0.25) is 0 Å². The van der Waals surface area contributed by atoms with E-state index >= 15 is 0 Å². The summed E-state index contributed by atoms with van der Waals surface area (Å²) < 4.78 is 9.36. The number of carbonyl (C=O) groups excluding carboxylic acids is 1. The van der Waals surface area contributed by atoms with E-state index in [1.54, 1.807) is 29.0 Å². The molecule has 1 N–H and O–H groups in total. The normalized spacial score (nSPS) is 17.3. The van der Waals surface area contributed by atoms with Gasteiger partial charge in [0.05, 0.1) is 24.9 Å². The summed E-state index contributed by atoms with van der Waals surface area (Å²) >= 11 is 0. The van der Waals surface area contributed by atoms with Crippen molar-refractivity contribution in [3.63, 3.8) is 0 Å². The lowest BCUT2D eigenvalue weighted by atomic mass is 10.3. The maximum absolute atomic E-state index is 12.8. The Morgan fingerprint density at radius 1 is 1.29 bits per heavy atom. The van der Waals surface area contributed by atoms with Gasteiger partial charge in [-0.25, -0.2) is 4.79 Å². The van der Waals surface area contributed by atoms with Crippen LogP contribution < -0.4 is 5.32 Å². The summed E-state index contributed by atoms with van der Waals surface area (Å²) in [6.07, 6.45) is 6.06. The lowest BCUT2D eigenvalue weighted by Crippen LogP contribution is -2.41. The molecule has 1 atom stereocenters. The largest absolute Gasteiger partial charge is 0.374 e. The van der Waals surface area contributed by atoms with Crippen molar-refractivity contribution in [2.24, 2.45) is 7.05 Å². The highest BCUT2D eigenvalue weighted by molar-refractivity contribution is 5.89. The number of aryl methyl sites for hydroxylation is 1. The molecule has 9 nitrogen and oxygen atoms in total. The highest BCUT2D eigenvalue weighted by atomic mass is 16.5. The first-order valence-corrected chi connectivity index (χ1v) is 9.29. The Morgan fingerprint density at radius 2 is 2.21 bits per heavy atom. The predicted molar refractivity (Wildman–Crippen MR) is 104 cm³/mol. The molecule has 0 bridgehead atoms. The Balaban J connectivity index is 1.43. The first kappa shape index (κ1) is 18.2. The first-order valence-electron chi connectivity index (χ1n) is 9.29. The Morgan fingerprint density at radius 3 is 3.00 bits per heavy atom. The topological polar surface area (TPSA) is 90.1 Å². The molecule has 4 heterocycles. The van der Waals surface area contributed by atoms with Gasteiger partial charge in [-0.05, 0) is 24.6 Å². The van der Waals surface area contributed by atoms with E-state index in [9.17, 15) is 4.79 Å². The molecular formula is C19H23N7O2. The maximum Gasteiger partial charge on any atom is 0.323 e. The zero-order valence-corrected chi connectivity index (χ0v) is 15.7. The fraction of sp³-hybridized carbons (Fsp3) is 0.368. The number of nitrogens with zero attached hydrogens (tertiary/aromatic N) is 6. The van der Waals surface area contributed by atoms with E-state index in [-0.39, 0.29) is 12.1 Å². The number of urea groups is 1. The lowest BCUT2D eigenvalue weighted by molar-refractivity contribution is 0.0442. The molecule has 1 saturated heterocycles. The summed E-state index contributed by atoms with van der Waals surface area (Å²) in [5.41, 5.74) is 1.48. The molecule has 0 aliphatic carbocycles. The number of hydrogen-bond donors (Lipinski definition) is 1. The molecule has 4 rings (SSSR count). The molecule has 0 saturated carbocycles. The van der Waals surface area contributed by atoms with E-state index in [2.05, 4.69) is 20.5 Å². The molecule has 146 valence electrons. The number of anilines is 1. The summed E-state index contributed by atoms with van der Waals surface area (Å²) in [5.74, 6) is 0.624. The van der Waals surface area contributed by atoms with Crippen LogP contribution in [0.25, 0.3) is 11.4 Å². The minimum absolute atomic E-state index is 0.0937. The van der Waals surface area contributed by atoms with Crippen molar-refractivity contribution in [2.75, 3.05) is 25.0 Å². The third-order valence-electron chi connectivity index (χ3n) is 4.63. The average molecular weight is 381 g/mol. The van der Waals surface area contributed by atoms with Gasteiger partial charge < -0.3 is 9.64 Å². The van der Waals surface area contributed by atoms with Crippen LogP contribution in [-0.4, -0.2) is 61.3 Å². The second-order valence-electron chi connectivity index (χ2n) is 6.70. The van der Waals surface area contributed by atoms with Crippen LogP contribution in [0.2, 0.25) is 0 Å². The van der Waals surface area contributed by atoms with Crippen molar-refractivity contribution in [3.8, 4) is 11.4 Å². The van der Waals surface area contributed by atoms with Crippen LogP contribution >= 0.6 is 0 Å². The van der Waals surface area contributed by atoms with Gasteiger partial charge in [0.1, 0.15) is 11.5 Å². The van der Waals surface area contributed by atoms with Crippen LogP contribution in [-0.2, 0) is 18.3 Å². The zero-order chi connectivity index (χ0) is 19.3. The van der Waals surface area contributed by atoms with Gasteiger partial charge in [-0.2, -0.15) is 10.2 Å². The Kier molecular flexibility index (Phi) is 5.34. The van der Waals surface area contributed by atoms with Gasteiger partial charge >= 0.3 is 6.03 Å². The summed E-state index contributed by atoms with van der Waals surface area (Å²) in [6.45, 7) is 2.40. The zero-order valence-electron chi connectivity index (χ0n) is 15.7. The number of pyridine rings is 1. The Labute approximate surface area is 162 Å². The van der Waals surface area contributed by atoms with E-state index in [1.165, 1.54) is 0 Å². The molecule has 9 heteroatoms.